The zero-order chi connectivity index (χ0) is 26.4. The Labute approximate surface area is 225 Å². The van der Waals surface area contributed by atoms with E-state index in [0.29, 0.717) is 25.0 Å². The first-order chi connectivity index (χ1) is 18.3. The van der Waals surface area contributed by atoms with Gasteiger partial charge in [0.1, 0.15) is 11.4 Å². The fourth-order valence-corrected chi connectivity index (χ4v) is 6.63. The standard InChI is InChI=1S/C30H40N6O2/c1-30(2,3)38-29(37)35-18-16-34(17-19-35)24-11-5-10-23-28(24)33(4)25(32-23)20-36-15-7-9-22-13-12-21-8-6-14-31-26(21)27(22)36/h5-6,8,10-11,14,22,27H,7,9,12-13,15-20H2,1-4H3/t22-,27-/m0/s1. The molecule has 0 N–H and O–H groups in total. The van der Waals surface area contributed by atoms with E-state index in [9.17, 15) is 4.79 Å². The molecule has 2 aromatic heterocycles. The number of imidazole rings is 1. The maximum absolute atomic E-state index is 12.6. The molecule has 4 heterocycles. The van der Waals surface area contributed by atoms with Gasteiger partial charge in [0.05, 0.1) is 35.0 Å². The van der Waals surface area contributed by atoms with Gasteiger partial charge < -0.3 is 19.1 Å². The first-order valence-corrected chi connectivity index (χ1v) is 14.1. The van der Waals surface area contributed by atoms with Gasteiger partial charge in [-0.05, 0) is 82.7 Å². The van der Waals surface area contributed by atoms with Crippen molar-refractivity contribution in [3.63, 3.8) is 0 Å². The van der Waals surface area contributed by atoms with Gasteiger partial charge in [-0.15, -0.1) is 0 Å². The molecular formula is C30H40N6O2. The Bertz CT molecular complexity index is 1320. The highest BCUT2D eigenvalue weighted by atomic mass is 16.6. The first kappa shape index (κ1) is 25.2. The van der Waals surface area contributed by atoms with Gasteiger partial charge in [-0.25, -0.2) is 9.78 Å². The number of carbonyl (C=O) groups excluding carboxylic acids is 1. The Morgan fingerprint density at radius 3 is 2.66 bits per heavy atom. The van der Waals surface area contributed by atoms with Crippen LogP contribution in [0.1, 0.15) is 63.2 Å². The highest BCUT2D eigenvalue weighted by molar-refractivity contribution is 5.89. The number of amides is 1. The number of hydrogen-bond acceptors (Lipinski definition) is 6. The minimum absolute atomic E-state index is 0.225. The summed E-state index contributed by atoms with van der Waals surface area (Å²) in [6, 6.07) is 11.1. The second kappa shape index (κ2) is 9.88. The van der Waals surface area contributed by atoms with Crippen molar-refractivity contribution in [1.29, 1.82) is 0 Å². The smallest absolute Gasteiger partial charge is 0.410 e. The number of pyridine rings is 1. The third kappa shape index (κ3) is 4.75. The molecule has 0 radical (unpaired) electrons. The Kier molecular flexibility index (Phi) is 6.54. The van der Waals surface area contributed by atoms with Gasteiger partial charge in [0, 0.05) is 39.4 Å². The average Bonchev–Trinajstić information content (AvgIpc) is 3.23. The van der Waals surface area contributed by atoms with Gasteiger partial charge in [-0.1, -0.05) is 12.1 Å². The van der Waals surface area contributed by atoms with Gasteiger partial charge in [0.15, 0.2) is 0 Å². The molecule has 0 saturated carbocycles. The molecule has 8 nitrogen and oxygen atoms in total. The summed E-state index contributed by atoms with van der Waals surface area (Å²) in [5.41, 5.74) is 5.61. The number of piperazine rings is 1. The van der Waals surface area contributed by atoms with E-state index in [-0.39, 0.29) is 6.09 Å². The topological polar surface area (TPSA) is 66.7 Å². The van der Waals surface area contributed by atoms with E-state index in [1.165, 1.54) is 41.7 Å². The van der Waals surface area contributed by atoms with Gasteiger partial charge in [-0.3, -0.25) is 9.88 Å². The largest absolute Gasteiger partial charge is 0.444 e. The lowest BCUT2D eigenvalue weighted by molar-refractivity contribution is 0.0240. The van der Waals surface area contributed by atoms with Crippen LogP contribution in [0.25, 0.3) is 11.0 Å². The molecule has 3 aromatic rings. The fraction of sp³-hybridized carbons (Fsp3) is 0.567. The molecule has 1 aliphatic carbocycles. The summed E-state index contributed by atoms with van der Waals surface area (Å²) in [5, 5.41) is 0. The number of piperidine rings is 1. The predicted octanol–water partition coefficient (Wildman–Crippen LogP) is 4.92. The lowest BCUT2D eigenvalue weighted by Crippen LogP contribution is -2.50. The first-order valence-electron chi connectivity index (χ1n) is 14.1. The fourth-order valence-electron chi connectivity index (χ4n) is 6.63. The van der Waals surface area contributed by atoms with Crippen molar-refractivity contribution in [3.8, 4) is 0 Å². The minimum Gasteiger partial charge on any atom is -0.444 e. The molecule has 202 valence electrons. The van der Waals surface area contributed by atoms with E-state index < -0.39 is 5.60 Å². The SMILES string of the molecule is Cn1c(CN2CCC[C@H]3CCc4cccnc4[C@H]32)nc2cccc(N3CCN(C(=O)OC(C)(C)C)CC3)c21. The van der Waals surface area contributed by atoms with Crippen molar-refractivity contribution in [2.45, 2.75) is 64.6 Å². The van der Waals surface area contributed by atoms with Crippen molar-refractivity contribution < 1.29 is 9.53 Å². The van der Waals surface area contributed by atoms with Gasteiger partial charge in [0.2, 0.25) is 0 Å². The molecule has 6 rings (SSSR count). The highest BCUT2D eigenvalue weighted by Gasteiger charge is 2.38. The van der Waals surface area contributed by atoms with E-state index in [0.717, 1.165) is 43.9 Å². The summed E-state index contributed by atoms with van der Waals surface area (Å²) >= 11 is 0. The van der Waals surface area contributed by atoms with Crippen LogP contribution >= 0.6 is 0 Å². The summed E-state index contributed by atoms with van der Waals surface area (Å²) in [6.07, 6.45) is 6.66. The number of aryl methyl sites for hydroxylation is 2. The molecule has 2 atom stereocenters. The molecule has 3 aliphatic rings. The second-order valence-electron chi connectivity index (χ2n) is 12.1. The third-order valence-electron chi connectivity index (χ3n) is 8.43. The maximum atomic E-state index is 12.6. The molecular weight excluding hydrogens is 476 g/mol. The van der Waals surface area contributed by atoms with Crippen molar-refractivity contribution >= 4 is 22.8 Å². The molecule has 38 heavy (non-hydrogen) atoms. The quantitative estimate of drug-likeness (QED) is 0.492. The molecule has 2 aliphatic heterocycles. The van der Waals surface area contributed by atoms with Crippen LogP contribution in [0.5, 0.6) is 0 Å². The van der Waals surface area contributed by atoms with E-state index in [4.69, 9.17) is 14.7 Å². The molecule has 2 fully saturated rings. The number of carbonyl (C=O) groups is 1. The number of ether oxygens (including phenoxy) is 1. The van der Waals surface area contributed by atoms with Crippen LogP contribution in [0, 0.1) is 5.92 Å². The van der Waals surface area contributed by atoms with E-state index >= 15 is 0 Å². The predicted molar refractivity (Wildman–Crippen MR) is 149 cm³/mol. The molecule has 0 spiro atoms. The molecule has 0 unspecified atom stereocenters. The number of para-hydroxylation sites is 1. The van der Waals surface area contributed by atoms with Crippen LogP contribution in [0.4, 0.5) is 10.5 Å². The van der Waals surface area contributed by atoms with Gasteiger partial charge in [0.25, 0.3) is 0 Å². The second-order valence-corrected chi connectivity index (χ2v) is 12.1. The Morgan fingerprint density at radius 1 is 1.05 bits per heavy atom. The number of anilines is 1. The molecule has 0 bridgehead atoms. The zero-order valence-electron chi connectivity index (χ0n) is 23.2. The summed E-state index contributed by atoms with van der Waals surface area (Å²) in [5.74, 6) is 1.78. The lowest BCUT2D eigenvalue weighted by atomic mass is 9.77. The number of benzene rings is 1. The van der Waals surface area contributed by atoms with E-state index in [2.05, 4.69) is 51.7 Å². The van der Waals surface area contributed by atoms with Gasteiger partial charge in [-0.2, -0.15) is 0 Å². The minimum atomic E-state index is -0.477. The lowest BCUT2D eigenvalue weighted by Gasteiger charge is -2.44. The summed E-state index contributed by atoms with van der Waals surface area (Å²) in [6.45, 7) is 10.5. The maximum Gasteiger partial charge on any atom is 0.410 e. The van der Waals surface area contributed by atoms with Crippen molar-refractivity contribution in [2.75, 3.05) is 37.6 Å². The van der Waals surface area contributed by atoms with Crippen molar-refractivity contribution in [2.24, 2.45) is 13.0 Å². The Morgan fingerprint density at radius 2 is 1.87 bits per heavy atom. The number of hydrogen-bond donors (Lipinski definition) is 0. The van der Waals surface area contributed by atoms with Crippen LogP contribution in [0.15, 0.2) is 36.5 Å². The van der Waals surface area contributed by atoms with Crippen molar-refractivity contribution in [1.82, 2.24) is 24.3 Å². The van der Waals surface area contributed by atoms with E-state index in [1.807, 2.05) is 31.9 Å². The summed E-state index contributed by atoms with van der Waals surface area (Å²) in [4.78, 5) is 29.4. The van der Waals surface area contributed by atoms with Crippen LogP contribution in [-0.2, 0) is 24.8 Å². The monoisotopic (exact) mass is 516 g/mol. The Hall–Kier alpha value is -3.13. The van der Waals surface area contributed by atoms with Gasteiger partial charge >= 0.3 is 6.09 Å². The summed E-state index contributed by atoms with van der Waals surface area (Å²) < 4.78 is 7.88. The highest BCUT2D eigenvalue weighted by Crippen LogP contribution is 2.43. The zero-order valence-corrected chi connectivity index (χ0v) is 23.2. The third-order valence-corrected chi connectivity index (χ3v) is 8.43. The van der Waals surface area contributed by atoms with Crippen LogP contribution in [0.3, 0.4) is 0 Å². The van der Waals surface area contributed by atoms with E-state index in [1.54, 1.807) is 0 Å². The summed E-state index contributed by atoms with van der Waals surface area (Å²) in [7, 11) is 2.15. The molecule has 1 aromatic carbocycles. The molecule has 2 saturated heterocycles. The molecule has 8 heteroatoms. The van der Waals surface area contributed by atoms with Crippen molar-refractivity contribution in [3.05, 3.63) is 53.6 Å². The number of likely N-dealkylation sites (tertiary alicyclic amines) is 1. The van der Waals surface area contributed by atoms with Crippen LogP contribution in [0.2, 0.25) is 0 Å². The normalized spacial score (nSPS) is 22.3. The number of fused-ring (bicyclic) bond motifs is 4. The van der Waals surface area contributed by atoms with Crippen LogP contribution < -0.4 is 4.90 Å². The average molecular weight is 517 g/mol. The number of aromatic nitrogens is 3. The molecule has 1 amide bonds. The Balaban J connectivity index is 1.23. The van der Waals surface area contributed by atoms with Crippen LogP contribution in [-0.4, -0.2) is 68.8 Å². The number of nitrogens with zero attached hydrogens (tertiary/aromatic N) is 6. The number of rotatable bonds is 3.